The van der Waals surface area contributed by atoms with Crippen LogP contribution in [0.1, 0.15) is 46.7 Å². The third-order valence-corrected chi connectivity index (χ3v) is 4.68. The summed E-state index contributed by atoms with van der Waals surface area (Å²) in [4.78, 5) is 12.8. The number of hydrogen-bond acceptors (Lipinski definition) is 2. The molecule has 2 N–H and O–H groups in total. The first-order valence-electron chi connectivity index (χ1n) is 6.85. The van der Waals surface area contributed by atoms with E-state index < -0.39 is 0 Å². The highest BCUT2D eigenvalue weighted by Crippen LogP contribution is 2.38. The minimum atomic E-state index is 0.0478. The van der Waals surface area contributed by atoms with Crippen molar-refractivity contribution in [3.8, 4) is 0 Å². The van der Waals surface area contributed by atoms with Gasteiger partial charge in [0.05, 0.1) is 0 Å². The van der Waals surface area contributed by atoms with Gasteiger partial charge in [0, 0.05) is 21.3 Å². The van der Waals surface area contributed by atoms with Crippen LogP contribution in [0.5, 0.6) is 0 Å². The fourth-order valence-electron chi connectivity index (χ4n) is 2.64. The van der Waals surface area contributed by atoms with Crippen molar-refractivity contribution in [3.05, 3.63) is 63.6 Å². The molecule has 0 radical (unpaired) electrons. The minimum Gasteiger partial charge on any atom is -0.399 e. The number of carbonyl (C=O) groups excluding carboxylic acids is 1. The van der Waals surface area contributed by atoms with Crippen LogP contribution in [0.2, 0.25) is 0 Å². The Morgan fingerprint density at radius 3 is 2.55 bits per heavy atom. The van der Waals surface area contributed by atoms with Gasteiger partial charge in [-0.1, -0.05) is 46.6 Å². The van der Waals surface area contributed by atoms with Crippen molar-refractivity contribution in [2.24, 2.45) is 0 Å². The Balaban J connectivity index is 2.04. The zero-order valence-corrected chi connectivity index (χ0v) is 12.7. The Bertz CT molecular complexity index is 662. The summed E-state index contributed by atoms with van der Waals surface area (Å²) in [7, 11) is 0. The lowest BCUT2D eigenvalue weighted by Gasteiger charge is -2.27. The molecule has 102 valence electrons. The van der Waals surface area contributed by atoms with Crippen LogP contribution in [0.15, 0.2) is 46.9 Å². The lowest BCUT2D eigenvalue weighted by atomic mass is 9.77. The lowest BCUT2D eigenvalue weighted by molar-refractivity contribution is 0.103. The van der Waals surface area contributed by atoms with E-state index in [2.05, 4.69) is 22.0 Å². The number of anilines is 1. The summed E-state index contributed by atoms with van der Waals surface area (Å²) in [5, 5.41) is 0. The van der Waals surface area contributed by atoms with Gasteiger partial charge in [-0.15, -0.1) is 0 Å². The van der Waals surface area contributed by atoms with Crippen molar-refractivity contribution in [3.63, 3.8) is 0 Å². The molecular weight excluding hydrogens is 314 g/mol. The summed E-state index contributed by atoms with van der Waals surface area (Å²) in [6.07, 6.45) is 3.62. The Kier molecular flexibility index (Phi) is 3.62. The molecule has 2 aromatic carbocycles. The number of ketones is 1. The van der Waals surface area contributed by atoms with E-state index in [0.717, 1.165) is 10.0 Å². The maximum Gasteiger partial charge on any atom is 0.194 e. The average molecular weight is 330 g/mol. The molecule has 1 aliphatic rings. The average Bonchev–Trinajstić information content (AvgIpc) is 2.39. The third kappa shape index (κ3) is 2.38. The van der Waals surface area contributed by atoms with Crippen LogP contribution >= 0.6 is 15.9 Å². The molecule has 1 saturated carbocycles. The molecule has 0 aliphatic heterocycles. The van der Waals surface area contributed by atoms with E-state index in [1.54, 1.807) is 12.1 Å². The number of benzene rings is 2. The summed E-state index contributed by atoms with van der Waals surface area (Å²) in [5.41, 5.74) is 9.04. The van der Waals surface area contributed by atoms with Crippen LogP contribution in [-0.2, 0) is 0 Å². The summed E-state index contributed by atoms with van der Waals surface area (Å²) >= 11 is 3.44. The van der Waals surface area contributed by atoms with E-state index in [9.17, 15) is 4.79 Å². The monoisotopic (exact) mass is 329 g/mol. The predicted molar refractivity (Wildman–Crippen MR) is 85.0 cm³/mol. The van der Waals surface area contributed by atoms with Gasteiger partial charge in [-0.25, -0.2) is 0 Å². The van der Waals surface area contributed by atoms with Crippen molar-refractivity contribution in [1.29, 1.82) is 0 Å². The predicted octanol–water partition coefficient (Wildman–Crippen LogP) is 4.53. The second-order valence-corrected chi connectivity index (χ2v) is 6.14. The highest BCUT2D eigenvalue weighted by molar-refractivity contribution is 9.10. The van der Waals surface area contributed by atoms with Gasteiger partial charge in [0.15, 0.2) is 5.78 Å². The third-order valence-electron chi connectivity index (χ3n) is 3.99. The van der Waals surface area contributed by atoms with Crippen LogP contribution in [0, 0.1) is 0 Å². The number of nitrogens with two attached hydrogens (primary N) is 1. The van der Waals surface area contributed by atoms with Crippen molar-refractivity contribution >= 4 is 27.4 Å². The Hall–Kier alpha value is -1.61. The molecule has 3 rings (SSSR count). The highest BCUT2D eigenvalue weighted by Gasteiger charge is 2.25. The quantitative estimate of drug-likeness (QED) is 0.664. The maximum absolute atomic E-state index is 12.8. The van der Waals surface area contributed by atoms with Crippen molar-refractivity contribution in [1.82, 2.24) is 0 Å². The molecule has 20 heavy (non-hydrogen) atoms. The van der Waals surface area contributed by atoms with Crippen molar-refractivity contribution in [2.45, 2.75) is 25.2 Å². The fraction of sp³-hybridized carbons (Fsp3) is 0.235. The molecule has 1 aliphatic carbocycles. The second kappa shape index (κ2) is 5.41. The van der Waals surface area contributed by atoms with E-state index in [1.807, 2.05) is 24.3 Å². The number of carbonyl (C=O) groups is 1. The molecule has 2 nitrogen and oxygen atoms in total. The van der Waals surface area contributed by atoms with Crippen molar-refractivity contribution in [2.75, 3.05) is 5.73 Å². The molecule has 0 bridgehead atoms. The first-order chi connectivity index (χ1) is 9.66. The highest BCUT2D eigenvalue weighted by atomic mass is 79.9. The summed E-state index contributed by atoms with van der Waals surface area (Å²) in [6.45, 7) is 0. The first-order valence-corrected chi connectivity index (χ1v) is 7.65. The molecule has 2 aromatic rings. The molecule has 0 spiro atoms. The van der Waals surface area contributed by atoms with Gasteiger partial charge in [0.1, 0.15) is 0 Å². The van der Waals surface area contributed by atoms with Crippen LogP contribution < -0.4 is 5.73 Å². The Morgan fingerprint density at radius 2 is 1.85 bits per heavy atom. The molecule has 1 fully saturated rings. The number of hydrogen-bond donors (Lipinski definition) is 1. The topological polar surface area (TPSA) is 43.1 Å². The molecule has 0 heterocycles. The standard InChI is InChI=1S/C17H16BrNO/c18-16-9-8-12(19)10-15(16)17(20)14-7-2-1-6-13(14)11-4-3-5-11/h1-2,6-11H,3-5,19H2. The molecule has 0 aromatic heterocycles. The van der Waals surface area contributed by atoms with Gasteiger partial charge in [0.25, 0.3) is 0 Å². The van der Waals surface area contributed by atoms with E-state index >= 15 is 0 Å². The number of rotatable bonds is 3. The molecule has 0 amide bonds. The normalized spacial score (nSPS) is 14.8. The van der Waals surface area contributed by atoms with Crippen LogP contribution in [0.25, 0.3) is 0 Å². The summed E-state index contributed by atoms with van der Waals surface area (Å²) in [6, 6.07) is 13.3. The zero-order chi connectivity index (χ0) is 14.1. The lowest BCUT2D eigenvalue weighted by Crippen LogP contribution is -2.14. The second-order valence-electron chi connectivity index (χ2n) is 5.28. The van der Waals surface area contributed by atoms with Gasteiger partial charge < -0.3 is 5.73 Å². The summed E-state index contributed by atoms with van der Waals surface area (Å²) in [5.74, 6) is 0.585. The van der Waals surface area contributed by atoms with Crippen LogP contribution in [0.4, 0.5) is 5.69 Å². The van der Waals surface area contributed by atoms with E-state index in [0.29, 0.717) is 17.2 Å². The molecule has 0 saturated heterocycles. The summed E-state index contributed by atoms with van der Waals surface area (Å²) < 4.78 is 0.792. The molecule has 3 heteroatoms. The van der Waals surface area contributed by atoms with Gasteiger partial charge >= 0.3 is 0 Å². The van der Waals surface area contributed by atoms with E-state index in [1.165, 1.54) is 24.8 Å². The van der Waals surface area contributed by atoms with E-state index in [-0.39, 0.29) is 5.78 Å². The smallest absolute Gasteiger partial charge is 0.194 e. The first kappa shape index (κ1) is 13.4. The molecular formula is C17H16BrNO. The van der Waals surface area contributed by atoms with E-state index in [4.69, 9.17) is 5.73 Å². The largest absolute Gasteiger partial charge is 0.399 e. The van der Waals surface area contributed by atoms with Gasteiger partial charge in [-0.05, 0) is 42.5 Å². The Labute approximate surface area is 127 Å². The fourth-order valence-corrected chi connectivity index (χ4v) is 3.07. The minimum absolute atomic E-state index is 0.0478. The van der Waals surface area contributed by atoms with Gasteiger partial charge in [0.2, 0.25) is 0 Å². The van der Waals surface area contributed by atoms with Gasteiger partial charge in [-0.2, -0.15) is 0 Å². The zero-order valence-electron chi connectivity index (χ0n) is 11.1. The van der Waals surface area contributed by atoms with Crippen molar-refractivity contribution < 1.29 is 4.79 Å². The number of halogens is 1. The number of nitrogen functional groups attached to an aromatic ring is 1. The SMILES string of the molecule is Nc1ccc(Br)c(C(=O)c2ccccc2C2CCC2)c1. The Morgan fingerprint density at radius 1 is 1.10 bits per heavy atom. The van der Waals surface area contributed by atoms with Crippen LogP contribution in [-0.4, -0.2) is 5.78 Å². The van der Waals surface area contributed by atoms with Gasteiger partial charge in [-0.3, -0.25) is 4.79 Å². The molecule has 0 unspecified atom stereocenters. The molecule has 0 atom stereocenters. The van der Waals surface area contributed by atoms with Crippen LogP contribution in [0.3, 0.4) is 0 Å². The maximum atomic E-state index is 12.8.